The number of nitrogens with zero attached hydrogens (tertiary/aromatic N) is 2. The normalized spacial score (nSPS) is 10.1. The highest BCUT2D eigenvalue weighted by Crippen LogP contribution is 2.18. The van der Waals surface area contributed by atoms with Gasteiger partial charge in [-0.15, -0.1) is 0 Å². The number of hydrogen-bond donors (Lipinski definition) is 0. The van der Waals surface area contributed by atoms with Crippen molar-refractivity contribution in [2.24, 2.45) is 0 Å². The molecule has 4 nitrogen and oxygen atoms in total. The molecule has 2 amide bonds. The average molecular weight is 266 g/mol. The van der Waals surface area contributed by atoms with Crippen LogP contribution in [0.1, 0.15) is 20.8 Å². The van der Waals surface area contributed by atoms with Gasteiger partial charge in [0.15, 0.2) is 0 Å². The number of halogens is 1. The van der Waals surface area contributed by atoms with Gasteiger partial charge in [-0.05, 0) is 26.0 Å². The highest BCUT2D eigenvalue weighted by atomic mass is 19.1. The minimum absolute atomic E-state index is 0.135. The molecule has 0 saturated heterocycles. The van der Waals surface area contributed by atoms with Gasteiger partial charge in [0.1, 0.15) is 12.4 Å². The van der Waals surface area contributed by atoms with Crippen LogP contribution in [0.25, 0.3) is 0 Å². The lowest BCUT2D eigenvalue weighted by molar-refractivity contribution is -0.130. The van der Waals surface area contributed by atoms with Crippen LogP contribution in [0.4, 0.5) is 10.1 Å². The van der Waals surface area contributed by atoms with Gasteiger partial charge in [-0.3, -0.25) is 9.59 Å². The first kappa shape index (κ1) is 15.1. The fraction of sp³-hybridized carbons (Fsp3) is 0.429. The van der Waals surface area contributed by atoms with Gasteiger partial charge in [0, 0.05) is 20.0 Å². The summed E-state index contributed by atoms with van der Waals surface area (Å²) in [7, 11) is 0. The Morgan fingerprint density at radius 1 is 1.16 bits per heavy atom. The Hall–Kier alpha value is -1.91. The lowest BCUT2D eigenvalue weighted by Crippen LogP contribution is -2.42. The van der Waals surface area contributed by atoms with E-state index in [1.807, 2.05) is 13.8 Å². The highest BCUT2D eigenvalue weighted by molar-refractivity contribution is 5.97. The van der Waals surface area contributed by atoms with Gasteiger partial charge < -0.3 is 9.80 Å². The first-order chi connectivity index (χ1) is 9.01. The van der Waals surface area contributed by atoms with Gasteiger partial charge in [-0.2, -0.15) is 0 Å². The number of rotatable bonds is 5. The van der Waals surface area contributed by atoms with Crippen LogP contribution >= 0.6 is 0 Å². The summed E-state index contributed by atoms with van der Waals surface area (Å²) in [5.41, 5.74) is 0.135. The van der Waals surface area contributed by atoms with E-state index in [1.165, 1.54) is 19.1 Å². The standard InChI is InChI=1S/C14H19FN2O2/c1-4-16(5-2)14(19)10-17(11(3)18)13-9-7-6-8-12(13)15/h6-9H,4-5,10H2,1-3H3. The second-order valence-corrected chi connectivity index (χ2v) is 4.12. The zero-order valence-electron chi connectivity index (χ0n) is 11.5. The molecule has 1 aromatic carbocycles. The lowest BCUT2D eigenvalue weighted by atomic mass is 10.2. The molecule has 0 aliphatic heterocycles. The summed E-state index contributed by atoms with van der Waals surface area (Å²) in [5.74, 6) is -1.06. The van der Waals surface area contributed by atoms with Crippen molar-refractivity contribution in [2.45, 2.75) is 20.8 Å². The smallest absolute Gasteiger partial charge is 0.242 e. The number of para-hydroxylation sites is 1. The molecule has 0 N–H and O–H groups in total. The number of carbonyl (C=O) groups is 2. The van der Waals surface area contributed by atoms with Crippen molar-refractivity contribution >= 4 is 17.5 Å². The highest BCUT2D eigenvalue weighted by Gasteiger charge is 2.20. The van der Waals surface area contributed by atoms with Crippen LogP contribution in [0, 0.1) is 5.82 Å². The number of anilines is 1. The minimum atomic E-state index is -0.509. The van der Waals surface area contributed by atoms with Gasteiger partial charge in [-0.1, -0.05) is 12.1 Å². The molecule has 1 aromatic rings. The molecule has 5 heteroatoms. The summed E-state index contributed by atoms with van der Waals surface area (Å²) >= 11 is 0. The second kappa shape index (κ2) is 6.87. The predicted molar refractivity (Wildman–Crippen MR) is 72.4 cm³/mol. The third-order valence-electron chi connectivity index (χ3n) is 2.93. The average Bonchev–Trinajstić information content (AvgIpc) is 2.38. The van der Waals surface area contributed by atoms with Crippen molar-refractivity contribution in [1.82, 2.24) is 4.90 Å². The maximum Gasteiger partial charge on any atom is 0.242 e. The predicted octanol–water partition coefficient (Wildman–Crippen LogP) is 2.05. The molecule has 0 aliphatic rings. The third-order valence-corrected chi connectivity index (χ3v) is 2.93. The van der Waals surface area contributed by atoms with Gasteiger partial charge >= 0.3 is 0 Å². The van der Waals surface area contributed by atoms with E-state index < -0.39 is 5.82 Å². The van der Waals surface area contributed by atoms with Crippen LogP contribution in [-0.4, -0.2) is 36.3 Å². The number of carbonyl (C=O) groups excluding carboxylic acids is 2. The Balaban J connectivity index is 2.95. The van der Waals surface area contributed by atoms with Crippen LogP contribution < -0.4 is 4.90 Å². The van der Waals surface area contributed by atoms with Gasteiger partial charge in [0.05, 0.1) is 5.69 Å². The third kappa shape index (κ3) is 3.77. The van der Waals surface area contributed by atoms with Gasteiger partial charge in [0.25, 0.3) is 0 Å². The molecule has 19 heavy (non-hydrogen) atoms. The number of hydrogen-bond acceptors (Lipinski definition) is 2. The van der Waals surface area contributed by atoms with E-state index in [2.05, 4.69) is 0 Å². The zero-order chi connectivity index (χ0) is 14.4. The quantitative estimate of drug-likeness (QED) is 0.818. The Morgan fingerprint density at radius 3 is 2.21 bits per heavy atom. The second-order valence-electron chi connectivity index (χ2n) is 4.12. The van der Waals surface area contributed by atoms with Crippen LogP contribution in [0.15, 0.2) is 24.3 Å². The van der Waals surface area contributed by atoms with Crippen molar-refractivity contribution in [2.75, 3.05) is 24.5 Å². The first-order valence-corrected chi connectivity index (χ1v) is 6.31. The van der Waals surface area contributed by atoms with Crippen LogP contribution in [0.5, 0.6) is 0 Å². The summed E-state index contributed by atoms with van der Waals surface area (Å²) < 4.78 is 13.7. The molecule has 0 spiro atoms. The largest absolute Gasteiger partial charge is 0.342 e. The Kier molecular flexibility index (Phi) is 5.48. The van der Waals surface area contributed by atoms with Crippen molar-refractivity contribution < 1.29 is 14.0 Å². The maximum atomic E-state index is 13.7. The van der Waals surface area contributed by atoms with E-state index in [-0.39, 0.29) is 24.0 Å². The van der Waals surface area contributed by atoms with E-state index in [4.69, 9.17) is 0 Å². The molecule has 1 rings (SSSR count). The molecule has 0 aliphatic carbocycles. The maximum absolute atomic E-state index is 13.7. The van der Waals surface area contributed by atoms with E-state index >= 15 is 0 Å². The first-order valence-electron chi connectivity index (χ1n) is 6.31. The lowest BCUT2D eigenvalue weighted by Gasteiger charge is -2.25. The molecule has 0 fully saturated rings. The van der Waals surface area contributed by atoms with E-state index in [1.54, 1.807) is 17.0 Å². The van der Waals surface area contributed by atoms with Gasteiger partial charge in [-0.25, -0.2) is 4.39 Å². The Bertz CT molecular complexity index is 459. The molecule has 0 unspecified atom stereocenters. The van der Waals surface area contributed by atoms with Crippen molar-refractivity contribution in [1.29, 1.82) is 0 Å². The molecule has 0 aromatic heterocycles. The fourth-order valence-electron chi connectivity index (χ4n) is 1.85. The fourth-order valence-corrected chi connectivity index (χ4v) is 1.85. The van der Waals surface area contributed by atoms with Crippen LogP contribution in [-0.2, 0) is 9.59 Å². The number of amides is 2. The number of likely N-dealkylation sites (N-methyl/N-ethyl adjacent to an activating group) is 1. The molecule has 0 bridgehead atoms. The van der Waals surface area contributed by atoms with Crippen LogP contribution in [0.2, 0.25) is 0 Å². The summed E-state index contributed by atoms with van der Waals surface area (Å²) in [6.07, 6.45) is 0. The topological polar surface area (TPSA) is 40.6 Å². The molecule has 0 heterocycles. The summed E-state index contributed by atoms with van der Waals surface area (Å²) in [6.45, 7) is 6.04. The van der Waals surface area contributed by atoms with E-state index in [0.717, 1.165) is 4.90 Å². The van der Waals surface area contributed by atoms with Gasteiger partial charge in [0.2, 0.25) is 11.8 Å². The summed E-state index contributed by atoms with van der Waals surface area (Å²) in [6, 6.07) is 5.94. The summed E-state index contributed by atoms with van der Waals surface area (Å²) in [5, 5.41) is 0. The zero-order valence-corrected chi connectivity index (χ0v) is 11.5. The molecule has 0 atom stereocenters. The molecule has 104 valence electrons. The number of benzene rings is 1. The SMILES string of the molecule is CCN(CC)C(=O)CN(C(C)=O)c1ccccc1F. The van der Waals surface area contributed by atoms with Crippen LogP contribution in [0.3, 0.4) is 0 Å². The molecular formula is C14H19FN2O2. The minimum Gasteiger partial charge on any atom is -0.342 e. The van der Waals surface area contributed by atoms with Crippen molar-refractivity contribution in [3.63, 3.8) is 0 Å². The van der Waals surface area contributed by atoms with Crippen molar-refractivity contribution in [3.8, 4) is 0 Å². The molecule has 0 radical (unpaired) electrons. The molecular weight excluding hydrogens is 247 g/mol. The van der Waals surface area contributed by atoms with E-state index in [0.29, 0.717) is 13.1 Å². The summed E-state index contributed by atoms with van der Waals surface area (Å²) in [4.78, 5) is 26.4. The Morgan fingerprint density at radius 2 is 1.74 bits per heavy atom. The monoisotopic (exact) mass is 266 g/mol. The van der Waals surface area contributed by atoms with E-state index in [9.17, 15) is 14.0 Å². The molecule has 0 saturated carbocycles. The Labute approximate surface area is 112 Å². The van der Waals surface area contributed by atoms with Crippen molar-refractivity contribution in [3.05, 3.63) is 30.1 Å².